The maximum atomic E-state index is 11.2. The highest BCUT2D eigenvalue weighted by Gasteiger charge is 2.08. The van der Waals surface area contributed by atoms with Crippen molar-refractivity contribution in [2.45, 2.75) is 25.8 Å². The Morgan fingerprint density at radius 3 is 3.00 bits per heavy atom. The third kappa shape index (κ3) is 3.00. The number of nitrogens with one attached hydrogen (secondary N) is 1. The molecule has 0 radical (unpaired) electrons. The highest BCUT2D eigenvalue weighted by atomic mass is 35.5. The molecule has 1 aromatic rings. The third-order valence-electron chi connectivity index (χ3n) is 1.96. The molecule has 0 aliphatic carbocycles. The number of aromatic nitrogens is 1. The number of carbonyl (C=O) groups is 1. The van der Waals surface area contributed by atoms with E-state index < -0.39 is 5.38 Å². The molecule has 0 saturated heterocycles. The fourth-order valence-electron chi connectivity index (χ4n) is 1.00. The normalized spacial score (nSPS) is 12.2. The van der Waals surface area contributed by atoms with Crippen LogP contribution in [0.3, 0.4) is 0 Å². The van der Waals surface area contributed by atoms with Crippen molar-refractivity contribution < 1.29 is 4.79 Å². The quantitative estimate of drug-likeness (QED) is 0.774. The van der Waals surface area contributed by atoms with Crippen molar-refractivity contribution in [3.05, 3.63) is 29.6 Å². The predicted octanol–water partition coefficient (Wildman–Crippen LogP) is 1.63. The molecular weight excluding hydrogens is 200 g/mol. The summed E-state index contributed by atoms with van der Waals surface area (Å²) < 4.78 is 0. The Kier molecular flexibility index (Phi) is 3.89. The van der Waals surface area contributed by atoms with Crippen LogP contribution in [0.2, 0.25) is 0 Å². The van der Waals surface area contributed by atoms with Crippen molar-refractivity contribution in [1.82, 2.24) is 10.3 Å². The molecule has 1 amide bonds. The summed E-state index contributed by atoms with van der Waals surface area (Å²) in [6.45, 7) is 4.11. The lowest BCUT2D eigenvalue weighted by Gasteiger charge is -2.07. The van der Waals surface area contributed by atoms with Gasteiger partial charge in [0.15, 0.2) is 0 Å². The van der Waals surface area contributed by atoms with Gasteiger partial charge in [-0.15, -0.1) is 11.6 Å². The third-order valence-corrected chi connectivity index (χ3v) is 2.16. The Morgan fingerprint density at radius 2 is 2.43 bits per heavy atom. The van der Waals surface area contributed by atoms with Gasteiger partial charge in [-0.25, -0.2) is 0 Å². The average molecular weight is 213 g/mol. The van der Waals surface area contributed by atoms with Gasteiger partial charge in [-0.3, -0.25) is 9.78 Å². The Morgan fingerprint density at radius 1 is 1.71 bits per heavy atom. The van der Waals surface area contributed by atoms with Gasteiger partial charge in [-0.1, -0.05) is 0 Å². The first-order chi connectivity index (χ1) is 6.61. The Labute approximate surface area is 88.5 Å². The molecule has 1 atom stereocenters. The first-order valence-corrected chi connectivity index (χ1v) is 4.86. The summed E-state index contributed by atoms with van der Waals surface area (Å²) in [4.78, 5) is 15.1. The number of amides is 1. The second kappa shape index (κ2) is 4.96. The number of carbonyl (C=O) groups excluding carboxylic acids is 1. The van der Waals surface area contributed by atoms with Crippen LogP contribution >= 0.6 is 11.6 Å². The lowest BCUT2D eigenvalue weighted by atomic mass is 10.1. The van der Waals surface area contributed by atoms with Gasteiger partial charge < -0.3 is 5.32 Å². The van der Waals surface area contributed by atoms with E-state index in [9.17, 15) is 4.79 Å². The second-order valence-electron chi connectivity index (χ2n) is 3.14. The fourth-order valence-corrected chi connectivity index (χ4v) is 1.08. The highest BCUT2D eigenvalue weighted by molar-refractivity contribution is 6.30. The van der Waals surface area contributed by atoms with Crippen LogP contribution in [0.15, 0.2) is 18.5 Å². The van der Waals surface area contributed by atoms with E-state index in [1.165, 1.54) is 0 Å². The van der Waals surface area contributed by atoms with Gasteiger partial charge in [0.25, 0.3) is 0 Å². The van der Waals surface area contributed by atoms with Crippen molar-refractivity contribution in [1.29, 1.82) is 0 Å². The van der Waals surface area contributed by atoms with Crippen molar-refractivity contribution in [3.8, 4) is 0 Å². The first kappa shape index (κ1) is 11.0. The minimum Gasteiger partial charge on any atom is -0.351 e. The summed E-state index contributed by atoms with van der Waals surface area (Å²) in [6.07, 6.45) is 3.47. The van der Waals surface area contributed by atoms with E-state index in [1.54, 1.807) is 19.3 Å². The summed E-state index contributed by atoms with van der Waals surface area (Å²) >= 11 is 5.61. The minimum atomic E-state index is -0.494. The van der Waals surface area contributed by atoms with Crippen LogP contribution in [0.1, 0.15) is 18.1 Å². The Bertz CT molecular complexity index is 326. The topological polar surface area (TPSA) is 42.0 Å². The smallest absolute Gasteiger partial charge is 0.238 e. The summed E-state index contributed by atoms with van der Waals surface area (Å²) in [5.74, 6) is -0.157. The van der Waals surface area contributed by atoms with Gasteiger partial charge in [0.2, 0.25) is 5.91 Å². The van der Waals surface area contributed by atoms with Crippen LogP contribution in [0.25, 0.3) is 0 Å². The molecule has 3 nitrogen and oxygen atoms in total. The van der Waals surface area contributed by atoms with Crippen LogP contribution in [-0.4, -0.2) is 16.3 Å². The summed E-state index contributed by atoms with van der Waals surface area (Å²) in [7, 11) is 0. The predicted molar refractivity (Wildman–Crippen MR) is 56.1 cm³/mol. The summed E-state index contributed by atoms with van der Waals surface area (Å²) in [5.41, 5.74) is 2.13. The zero-order valence-electron chi connectivity index (χ0n) is 8.25. The molecule has 1 unspecified atom stereocenters. The van der Waals surface area contributed by atoms with Crippen molar-refractivity contribution in [3.63, 3.8) is 0 Å². The van der Waals surface area contributed by atoms with Crippen molar-refractivity contribution >= 4 is 17.5 Å². The maximum absolute atomic E-state index is 11.2. The molecule has 1 heterocycles. The standard InChI is InChI=1S/C10H13ClN2O/c1-7-3-4-12-5-9(7)6-13-10(14)8(2)11/h3-5,8H,6H2,1-2H3,(H,13,14). The molecule has 0 aromatic carbocycles. The number of halogens is 1. The van der Waals surface area contributed by atoms with Gasteiger partial charge in [0.1, 0.15) is 5.38 Å². The molecule has 0 bridgehead atoms. The molecule has 1 aromatic heterocycles. The number of nitrogens with zero attached hydrogens (tertiary/aromatic N) is 1. The number of rotatable bonds is 3. The van der Waals surface area contributed by atoms with Crippen LogP contribution in [-0.2, 0) is 11.3 Å². The molecular formula is C10H13ClN2O. The molecule has 14 heavy (non-hydrogen) atoms. The molecule has 0 aliphatic rings. The van der Waals surface area contributed by atoms with Crippen LogP contribution in [0.4, 0.5) is 0 Å². The van der Waals surface area contributed by atoms with E-state index in [2.05, 4.69) is 10.3 Å². The monoisotopic (exact) mass is 212 g/mol. The van der Waals surface area contributed by atoms with Gasteiger partial charge in [0, 0.05) is 18.9 Å². The van der Waals surface area contributed by atoms with Gasteiger partial charge in [-0.2, -0.15) is 0 Å². The number of aryl methyl sites for hydroxylation is 1. The van der Waals surface area contributed by atoms with Gasteiger partial charge >= 0.3 is 0 Å². The molecule has 0 spiro atoms. The van der Waals surface area contributed by atoms with Crippen molar-refractivity contribution in [2.75, 3.05) is 0 Å². The largest absolute Gasteiger partial charge is 0.351 e. The van der Waals surface area contributed by atoms with E-state index in [-0.39, 0.29) is 5.91 Å². The van der Waals surface area contributed by atoms with E-state index >= 15 is 0 Å². The van der Waals surface area contributed by atoms with Gasteiger partial charge in [0.05, 0.1) is 0 Å². The number of hydrogen-bond acceptors (Lipinski definition) is 2. The molecule has 0 aliphatic heterocycles. The van der Waals surface area contributed by atoms with E-state index in [1.807, 2.05) is 13.0 Å². The average Bonchev–Trinajstić information content (AvgIpc) is 2.16. The second-order valence-corrected chi connectivity index (χ2v) is 3.79. The highest BCUT2D eigenvalue weighted by Crippen LogP contribution is 2.04. The minimum absolute atomic E-state index is 0.157. The summed E-state index contributed by atoms with van der Waals surface area (Å²) in [5, 5.41) is 2.23. The Hall–Kier alpha value is -1.09. The fraction of sp³-hybridized carbons (Fsp3) is 0.400. The van der Waals surface area contributed by atoms with E-state index in [0.29, 0.717) is 6.54 Å². The number of hydrogen-bond donors (Lipinski definition) is 1. The lowest BCUT2D eigenvalue weighted by molar-refractivity contribution is -0.120. The van der Waals surface area contributed by atoms with E-state index in [0.717, 1.165) is 11.1 Å². The molecule has 1 rings (SSSR count). The zero-order valence-corrected chi connectivity index (χ0v) is 9.01. The maximum Gasteiger partial charge on any atom is 0.238 e. The number of pyridine rings is 1. The summed E-state index contributed by atoms with van der Waals surface area (Å²) in [6, 6.07) is 1.91. The molecule has 1 N–H and O–H groups in total. The van der Waals surface area contributed by atoms with E-state index in [4.69, 9.17) is 11.6 Å². The molecule has 0 saturated carbocycles. The molecule has 76 valence electrons. The lowest BCUT2D eigenvalue weighted by Crippen LogP contribution is -2.29. The Balaban J connectivity index is 2.54. The molecule has 4 heteroatoms. The molecule has 0 fully saturated rings. The van der Waals surface area contributed by atoms with Crippen LogP contribution in [0, 0.1) is 6.92 Å². The van der Waals surface area contributed by atoms with Crippen LogP contribution < -0.4 is 5.32 Å². The first-order valence-electron chi connectivity index (χ1n) is 4.42. The number of alkyl halides is 1. The SMILES string of the molecule is Cc1ccncc1CNC(=O)C(C)Cl. The van der Waals surface area contributed by atoms with Gasteiger partial charge in [-0.05, 0) is 31.0 Å². The zero-order chi connectivity index (χ0) is 10.6. The van der Waals surface area contributed by atoms with Crippen molar-refractivity contribution in [2.24, 2.45) is 0 Å². The van der Waals surface area contributed by atoms with Crippen LogP contribution in [0.5, 0.6) is 0 Å².